The topological polar surface area (TPSA) is 15.8 Å². The van der Waals surface area contributed by atoms with Crippen LogP contribution in [0.4, 0.5) is 0 Å². The van der Waals surface area contributed by atoms with Gasteiger partial charge in [-0.15, -0.1) is 11.3 Å². The average Bonchev–Trinajstić information content (AvgIpc) is 3.32. The molecule has 2 heteroatoms. The van der Waals surface area contributed by atoms with Gasteiger partial charge < -0.3 is 4.98 Å². The Morgan fingerprint density at radius 3 is 2.41 bits per heavy atom. The van der Waals surface area contributed by atoms with Crippen molar-refractivity contribution < 1.29 is 0 Å². The number of rotatable bonds is 2. The molecular weight excluding hydrogens is 346 g/mol. The van der Waals surface area contributed by atoms with Gasteiger partial charge in [-0.2, -0.15) is 0 Å². The Hall–Kier alpha value is -2.84. The van der Waals surface area contributed by atoms with Gasteiger partial charge in [0.25, 0.3) is 0 Å². The average molecular weight is 366 g/mol. The molecule has 0 amide bonds. The predicted molar refractivity (Wildman–Crippen MR) is 120 cm³/mol. The summed E-state index contributed by atoms with van der Waals surface area (Å²) in [6.07, 6.45) is 2.27. The molecule has 0 unspecified atom stereocenters. The summed E-state index contributed by atoms with van der Waals surface area (Å²) in [4.78, 5) is 3.72. The van der Waals surface area contributed by atoms with Crippen molar-refractivity contribution in [3.05, 3.63) is 71.6 Å². The molecule has 0 radical (unpaired) electrons. The third-order valence-electron chi connectivity index (χ3n) is 5.78. The number of hydrogen-bond acceptors (Lipinski definition) is 1. The Labute approximate surface area is 161 Å². The maximum atomic E-state index is 3.72. The van der Waals surface area contributed by atoms with Crippen molar-refractivity contribution in [2.75, 3.05) is 0 Å². The Morgan fingerprint density at radius 1 is 0.778 bits per heavy atom. The summed E-state index contributed by atoms with van der Waals surface area (Å²) in [6.45, 7) is 2.27. The molecule has 6 aromatic rings. The van der Waals surface area contributed by atoms with E-state index in [1.54, 1.807) is 0 Å². The summed E-state index contributed by atoms with van der Waals surface area (Å²) in [5, 5.41) is 11.9. The molecule has 0 atom stereocenters. The highest BCUT2D eigenvalue weighted by Crippen LogP contribution is 2.44. The van der Waals surface area contributed by atoms with E-state index in [1.807, 2.05) is 11.3 Å². The second-order valence-electron chi connectivity index (χ2n) is 7.33. The number of aromatic amines is 1. The highest BCUT2D eigenvalue weighted by Gasteiger charge is 2.18. The normalized spacial score (nSPS) is 12.2. The SMILES string of the molecule is CCCc1cc2sccc2c2c1c1ccccc1c1[nH]c3ccccc3c12. The Kier molecular flexibility index (Phi) is 3.15. The predicted octanol–water partition coefficient (Wildman–Crippen LogP) is 7.79. The molecule has 0 saturated heterocycles. The number of nitrogens with one attached hydrogen (secondary N) is 1. The smallest absolute Gasteiger partial charge is 0.0551 e. The Balaban J connectivity index is 2.05. The van der Waals surface area contributed by atoms with Crippen molar-refractivity contribution in [2.45, 2.75) is 19.8 Å². The van der Waals surface area contributed by atoms with Gasteiger partial charge in [-0.25, -0.2) is 0 Å². The number of para-hydroxylation sites is 1. The van der Waals surface area contributed by atoms with Crippen LogP contribution in [0.15, 0.2) is 66.0 Å². The van der Waals surface area contributed by atoms with Crippen molar-refractivity contribution in [3.63, 3.8) is 0 Å². The summed E-state index contributed by atoms with van der Waals surface area (Å²) in [7, 11) is 0. The number of aromatic nitrogens is 1. The minimum atomic E-state index is 1.11. The summed E-state index contributed by atoms with van der Waals surface area (Å²) in [5.74, 6) is 0. The molecule has 0 spiro atoms. The Morgan fingerprint density at radius 2 is 1.56 bits per heavy atom. The summed E-state index contributed by atoms with van der Waals surface area (Å²) < 4.78 is 1.40. The first-order valence-corrected chi connectivity index (χ1v) is 10.5. The van der Waals surface area contributed by atoms with E-state index in [0.29, 0.717) is 0 Å². The van der Waals surface area contributed by atoms with Gasteiger partial charge in [-0.1, -0.05) is 55.8 Å². The third-order valence-corrected chi connectivity index (χ3v) is 6.65. The number of benzene rings is 4. The quantitative estimate of drug-likeness (QED) is 0.301. The van der Waals surface area contributed by atoms with Crippen LogP contribution in [0.25, 0.3) is 53.4 Å². The van der Waals surface area contributed by atoms with Crippen LogP contribution in [-0.2, 0) is 6.42 Å². The van der Waals surface area contributed by atoms with Crippen LogP contribution in [0.5, 0.6) is 0 Å². The molecule has 6 rings (SSSR count). The minimum absolute atomic E-state index is 1.11. The number of fused-ring (bicyclic) bond motifs is 10. The summed E-state index contributed by atoms with van der Waals surface area (Å²) in [5.41, 5.74) is 3.96. The van der Waals surface area contributed by atoms with Gasteiger partial charge in [0.15, 0.2) is 0 Å². The molecule has 2 heterocycles. The van der Waals surface area contributed by atoms with Crippen molar-refractivity contribution in [3.8, 4) is 0 Å². The second-order valence-corrected chi connectivity index (χ2v) is 8.28. The Bertz CT molecular complexity index is 1480. The molecule has 0 aliphatic carbocycles. The summed E-state index contributed by atoms with van der Waals surface area (Å²) in [6, 6.07) is 22.3. The highest BCUT2D eigenvalue weighted by atomic mass is 32.1. The minimum Gasteiger partial charge on any atom is -0.354 e. The third kappa shape index (κ3) is 1.99. The first kappa shape index (κ1) is 15.2. The zero-order valence-corrected chi connectivity index (χ0v) is 16.0. The molecular formula is C25H19NS. The monoisotopic (exact) mass is 365 g/mol. The van der Waals surface area contributed by atoms with E-state index in [4.69, 9.17) is 0 Å². The van der Waals surface area contributed by atoms with Crippen molar-refractivity contribution >= 4 is 64.8 Å². The van der Waals surface area contributed by atoms with Crippen LogP contribution in [-0.4, -0.2) is 4.98 Å². The van der Waals surface area contributed by atoms with Gasteiger partial charge in [0.2, 0.25) is 0 Å². The van der Waals surface area contributed by atoms with Crippen LogP contribution >= 0.6 is 11.3 Å². The number of H-pyrrole nitrogens is 1. The van der Waals surface area contributed by atoms with E-state index < -0.39 is 0 Å². The van der Waals surface area contributed by atoms with E-state index in [1.165, 1.54) is 59.0 Å². The van der Waals surface area contributed by atoms with Crippen molar-refractivity contribution in [1.82, 2.24) is 4.98 Å². The van der Waals surface area contributed by atoms with Crippen LogP contribution in [0.2, 0.25) is 0 Å². The lowest BCUT2D eigenvalue weighted by Gasteiger charge is -2.13. The van der Waals surface area contributed by atoms with Crippen LogP contribution in [0.3, 0.4) is 0 Å². The molecule has 2 aromatic heterocycles. The fourth-order valence-electron chi connectivity index (χ4n) is 4.72. The van der Waals surface area contributed by atoms with Gasteiger partial charge in [0.1, 0.15) is 0 Å². The molecule has 0 bridgehead atoms. The van der Waals surface area contributed by atoms with Crippen molar-refractivity contribution in [2.24, 2.45) is 0 Å². The van der Waals surface area contributed by atoms with Gasteiger partial charge >= 0.3 is 0 Å². The fraction of sp³-hybridized carbons (Fsp3) is 0.120. The molecule has 0 aliphatic heterocycles. The highest BCUT2D eigenvalue weighted by molar-refractivity contribution is 7.17. The standard InChI is InChI=1S/C25H19NS/c1-2-7-15-14-21-19(12-13-27-21)23-22(15)16-8-3-4-9-17(16)25-24(23)18-10-5-6-11-20(18)26-25/h3-6,8-14,26H,2,7H2,1H3. The van der Waals surface area contributed by atoms with E-state index in [-0.39, 0.29) is 0 Å². The van der Waals surface area contributed by atoms with E-state index in [0.717, 1.165) is 12.8 Å². The van der Waals surface area contributed by atoms with Gasteiger partial charge in [-0.3, -0.25) is 0 Å². The number of hydrogen-bond donors (Lipinski definition) is 1. The summed E-state index contributed by atoms with van der Waals surface area (Å²) >= 11 is 1.85. The lowest BCUT2D eigenvalue weighted by atomic mass is 9.90. The van der Waals surface area contributed by atoms with Crippen molar-refractivity contribution in [1.29, 1.82) is 0 Å². The van der Waals surface area contributed by atoms with Crippen LogP contribution in [0.1, 0.15) is 18.9 Å². The van der Waals surface area contributed by atoms with E-state index in [9.17, 15) is 0 Å². The number of aryl methyl sites for hydroxylation is 1. The zero-order chi connectivity index (χ0) is 18.0. The molecule has 4 aromatic carbocycles. The molecule has 27 heavy (non-hydrogen) atoms. The van der Waals surface area contributed by atoms with E-state index in [2.05, 4.69) is 78.0 Å². The first-order chi connectivity index (χ1) is 13.4. The largest absolute Gasteiger partial charge is 0.354 e. The molecule has 0 aliphatic rings. The lowest BCUT2D eigenvalue weighted by molar-refractivity contribution is 0.932. The zero-order valence-electron chi connectivity index (χ0n) is 15.2. The molecule has 1 N–H and O–H groups in total. The van der Waals surface area contributed by atoms with Crippen LogP contribution in [0, 0.1) is 0 Å². The van der Waals surface area contributed by atoms with Gasteiger partial charge in [0, 0.05) is 37.1 Å². The molecule has 0 saturated carbocycles. The number of thiophene rings is 1. The van der Waals surface area contributed by atoms with E-state index >= 15 is 0 Å². The second kappa shape index (κ2) is 5.58. The van der Waals surface area contributed by atoms with Gasteiger partial charge in [0.05, 0.1) is 5.52 Å². The maximum Gasteiger partial charge on any atom is 0.0551 e. The lowest BCUT2D eigenvalue weighted by Crippen LogP contribution is -1.90. The van der Waals surface area contributed by atoms with Crippen LogP contribution < -0.4 is 0 Å². The molecule has 0 fully saturated rings. The van der Waals surface area contributed by atoms with Gasteiger partial charge in [-0.05, 0) is 46.3 Å². The molecule has 1 nitrogen and oxygen atoms in total. The fourth-order valence-corrected chi connectivity index (χ4v) is 5.58. The maximum absolute atomic E-state index is 3.72. The first-order valence-electron chi connectivity index (χ1n) is 9.60. The molecule has 130 valence electrons.